The van der Waals surface area contributed by atoms with Crippen molar-refractivity contribution < 1.29 is 0 Å². The molecule has 2 aromatic heterocycles. The van der Waals surface area contributed by atoms with Gasteiger partial charge in [0.2, 0.25) is 0 Å². The highest BCUT2D eigenvalue weighted by Crippen LogP contribution is 2.41. The van der Waals surface area contributed by atoms with Crippen LogP contribution >= 0.6 is 0 Å². The summed E-state index contributed by atoms with van der Waals surface area (Å²) in [6.07, 6.45) is 5.30. The molecule has 0 unspecified atom stereocenters. The van der Waals surface area contributed by atoms with Crippen LogP contribution in [-0.4, -0.2) is 19.7 Å². The number of hydrogen-bond donors (Lipinski definition) is 1. The summed E-state index contributed by atoms with van der Waals surface area (Å²) in [5.74, 6) is 1.43. The van der Waals surface area contributed by atoms with Crippen molar-refractivity contribution >= 4 is 5.82 Å². The molecule has 1 aliphatic carbocycles. The molecule has 5 heteroatoms. The smallest absolute Gasteiger partial charge is 0.159 e. The average Bonchev–Trinajstić information content (AvgIpc) is 2.80. The van der Waals surface area contributed by atoms with Crippen LogP contribution in [0.5, 0.6) is 0 Å². The van der Waals surface area contributed by atoms with E-state index in [1.54, 1.807) is 10.9 Å². The maximum atomic E-state index is 6.20. The third-order valence-electron chi connectivity index (χ3n) is 3.44. The number of nitrogens with zero attached hydrogens (tertiary/aromatic N) is 4. The van der Waals surface area contributed by atoms with Gasteiger partial charge in [-0.25, -0.2) is 9.97 Å². The molecule has 0 spiro atoms. The van der Waals surface area contributed by atoms with Crippen molar-refractivity contribution in [3.05, 3.63) is 29.8 Å². The molecule has 0 saturated heterocycles. The van der Waals surface area contributed by atoms with E-state index in [-0.39, 0.29) is 5.41 Å². The first-order chi connectivity index (χ1) is 8.09. The second kappa shape index (κ2) is 3.29. The summed E-state index contributed by atoms with van der Waals surface area (Å²) in [6.45, 7) is 4.42. The van der Waals surface area contributed by atoms with Crippen LogP contribution < -0.4 is 5.73 Å². The van der Waals surface area contributed by atoms with Crippen molar-refractivity contribution in [1.29, 1.82) is 0 Å². The van der Waals surface area contributed by atoms with Crippen LogP contribution in [-0.2, 0) is 11.8 Å². The fraction of sp³-hybridized carbons (Fsp3) is 0.417. The highest BCUT2D eigenvalue weighted by molar-refractivity contribution is 5.54. The molecule has 0 bridgehead atoms. The Bertz CT molecular complexity index is 556. The summed E-state index contributed by atoms with van der Waals surface area (Å²) >= 11 is 0. The highest BCUT2D eigenvalue weighted by Gasteiger charge is 2.36. The van der Waals surface area contributed by atoms with Gasteiger partial charge in [0.25, 0.3) is 0 Å². The summed E-state index contributed by atoms with van der Waals surface area (Å²) in [7, 11) is 0. The van der Waals surface area contributed by atoms with E-state index in [0.29, 0.717) is 5.82 Å². The second-order valence-electron chi connectivity index (χ2n) is 5.07. The zero-order valence-corrected chi connectivity index (χ0v) is 10.0. The Labute approximate surface area is 99.7 Å². The lowest BCUT2D eigenvalue weighted by Gasteiger charge is -2.18. The number of fused-ring (bicyclic) bond motifs is 1. The van der Waals surface area contributed by atoms with E-state index >= 15 is 0 Å². The Morgan fingerprint density at radius 1 is 1.41 bits per heavy atom. The van der Waals surface area contributed by atoms with Crippen LogP contribution in [0.1, 0.15) is 31.5 Å². The summed E-state index contributed by atoms with van der Waals surface area (Å²) in [6, 6.07) is 1.81. The number of aryl methyl sites for hydroxylation is 1. The van der Waals surface area contributed by atoms with E-state index in [0.717, 1.165) is 24.4 Å². The zero-order chi connectivity index (χ0) is 12.0. The van der Waals surface area contributed by atoms with E-state index in [2.05, 4.69) is 28.9 Å². The number of nitrogens with two attached hydrogens (primary N) is 1. The van der Waals surface area contributed by atoms with Crippen LogP contribution in [0.3, 0.4) is 0 Å². The standard InChI is InChI=1S/C12H15N5/c1-12(2)5-3-8-10(12)11(13)17(16-8)9-4-6-14-7-15-9/h4,6-7H,3,5,13H2,1-2H3. The van der Waals surface area contributed by atoms with Crippen molar-refractivity contribution in [1.82, 2.24) is 19.7 Å². The predicted molar refractivity (Wildman–Crippen MR) is 64.9 cm³/mol. The van der Waals surface area contributed by atoms with Gasteiger partial charge in [-0.05, 0) is 18.3 Å². The Balaban J connectivity index is 2.17. The lowest BCUT2D eigenvalue weighted by molar-refractivity contribution is 0.519. The van der Waals surface area contributed by atoms with Gasteiger partial charge in [-0.3, -0.25) is 0 Å². The molecule has 2 N–H and O–H groups in total. The van der Waals surface area contributed by atoms with Crippen LogP contribution in [0.15, 0.2) is 18.6 Å². The van der Waals surface area contributed by atoms with E-state index in [1.807, 2.05) is 6.07 Å². The number of nitrogen functional groups attached to an aromatic ring is 1. The lowest BCUT2D eigenvalue weighted by atomic mass is 9.87. The van der Waals surface area contributed by atoms with E-state index in [4.69, 9.17) is 5.73 Å². The molecule has 0 fully saturated rings. The van der Waals surface area contributed by atoms with E-state index < -0.39 is 0 Å². The van der Waals surface area contributed by atoms with Crippen molar-refractivity contribution in [2.75, 3.05) is 5.73 Å². The third kappa shape index (κ3) is 1.42. The molecule has 0 saturated carbocycles. The van der Waals surface area contributed by atoms with Crippen molar-refractivity contribution in [2.24, 2.45) is 0 Å². The molecule has 0 atom stereocenters. The maximum Gasteiger partial charge on any atom is 0.159 e. The molecular weight excluding hydrogens is 214 g/mol. The Kier molecular flexibility index (Phi) is 1.98. The summed E-state index contributed by atoms with van der Waals surface area (Å²) in [4.78, 5) is 8.08. The molecule has 1 aliphatic rings. The molecule has 0 amide bonds. The first-order valence-corrected chi connectivity index (χ1v) is 5.74. The highest BCUT2D eigenvalue weighted by atomic mass is 15.3. The van der Waals surface area contributed by atoms with E-state index in [9.17, 15) is 0 Å². The van der Waals surface area contributed by atoms with Crippen LogP contribution in [0, 0.1) is 0 Å². The number of aromatic nitrogens is 4. The minimum atomic E-state index is 0.116. The molecule has 2 heterocycles. The molecule has 17 heavy (non-hydrogen) atoms. The van der Waals surface area contributed by atoms with Crippen LogP contribution in [0.25, 0.3) is 5.82 Å². The van der Waals surface area contributed by atoms with Crippen molar-refractivity contribution in [3.63, 3.8) is 0 Å². The van der Waals surface area contributed by atoms with Gasteiger partial charge in [-0.2, -0.15) is 9.78 Å². The molecule has 0 radical (unpaired) electrons. The largest absolute Gasteiger partial charge is 0.383 e. The van der Waals surface area contributed by atoms with Gasteiger partial charge < -0.3 is 5.73 Å². The minimum absolute atomic E-state index is 0.116. The number of rotatable bonds is 1. The average molecular weight is 229 g/mol. The lowest BCUT2D eigenvalue weighted by Crippen LogP contribution is -2.15. The molecule has 3 rings (SSSR count). The Morgan fingerprint density at radius 3 is 2.88 bits per heavy atom. The van der Waals surface area contributed by atoms with Gasteiger partial charge in [0.1, 0.15) is 12.1 Å². The van der Waals surface area contributed by atoms with Gasteiger partial charge in [-0.1, -0.05) is 13.8 Å². The topological polar surface area (TPSA) is 69.6 Å². The fourth-order valence-electron chi connectivity index (χ4n) is 2.53. The molecular formula is C12H15N5. The molecule has 5 nitrogen and oxygen atoms in total. The quantitative estimate of drug-likeness (QED) is 0.803. The van der Waals surface area contributed by atoms with Gasteiger partial charge in [0, 0.05) is 17.8 Å². The van der Waals surface area contributed by atoms with Crippen LogP contribution in [0.4, 0.5) is 5.82 Å². The summed E-state index contributed by atoms with van der Waals surface area (Å²) in [5, 5.41) is 4.56. The summed E-state index contributed by atoms with van der Waals surface area (Å²) < 4.78 is 1.72. The van der Waals surface area contributed by atoms with E-state index in [1.165, 1.54) is 11.9 Å². The molecule has 0 aromatic carbocycles. The predicted octanol–water partition coefficient (Wildman–Crippen LogP) is 1.47. The van der Waals surface area contributed by atoms with Gasteiger partial charge in [0.15, 0.2) is 5.82 Å². The molecule has 88 valence electrons. The van der Waals surface area contributed by atoms with Gasteiger partial charge >= 0.3 is 0 Å². The molecule has 0 aliphatic heterocycles. The monoisotopic (exact) mass is 229 g/mol. The van der Waals surface area contributed by atoms with Crippen molar-refractivity contribution in [2.45, 2.75) is 32.1 Å². The fourth-order valence-corrected chi connectivity index (χ4v) is 2.53. The minimum Gasteiger partial charge on any atom is -0.383 e. The van der Waals surface area contributed by atoms with Gasteiger partial charge in [-0.15, -0.1) is 0 Å². The second-order valence-corrected chi connectivity index (χ2v) is 5.07. The first-order valence-electron chi connectivity index (χ1n) is 5.74. The third-order valence-corrected chi connectivity index (χ3v) is 3.44. The van der Waals surface area contributed by atoms with Gasteiger partial charge in [0.05, 0.1) is 5.69 Å². The maximum absolute atomic E-state index is 6.20. The normalized spacial score (nSPS) is 17.1. The first kappa shape index (κ1) is 10.3. The number of anilines is 1. The SMILES string of the molecule is CC1(C)CCc2nn(-c3ccncn3)c(N)c21. The Hall–Kier alpha value is -1.91. The Morgan fingerprint density at radius 2 is 2.24 bits per heavy atom. The van der Waals surface area contributed by atoms with Crippen molar-refractivity contribution in [3.8, 4) is 5.82 Å². The van der Waals surface area contributed by atoms with Crippen LogP contribution in [0.2, 0.25) is 0 Å². The number of hydrogen-bond acceptors (Lipinski definition) is 4. The molecule has 2 aromatic rings. The zero-order valence-electron chi connectivity index (χ0n) is 10.0. The summed E-state index contributed by atoms with van der Waals surface area (Å²) in [5.41, 5.74) is 8.60.